The number of likely N-dealkylation sites (tertiary alicyclic amines) is 1. The van der Waals surface area contributed by atoms with Gasteiger partial charge < -0.3 is 14.5 Å². The molecule has 1 saturated carbocycles. The number of nitriles is 1. The first-order chi connectivity index (χ1) is 13.7. The van der Waals surface area contributed by atoms with Crippen molar-refractivity contribution < 1.29 is 9.53 Å². The number of carbonyl (C=O) groups excluding carboxylic acids is 1. The summed E-state index contributed by atoms with van der Waals surface area (Å²) in [6, 6.07) is 3.90. The molecule has 1 aliphatic carbocycles. The van der Waals surface area contributed by atoms with Gasteiger partial charge in [-0.05, 0) is 36.8 Å². The summed E-state index contributed by atoms with van der Waals surface area (Å²) in [6.45, 7) is 1.57. The first kappa shape index (κ1) is 17.2. The number of carbonyl (C=O) groups is 1. The quantitative estimate of drug-likeness (QED) is 0.736. The van der Waals surface area contributed by atoms with Crippen molar-refractivity contribution in [1.29, 1.82) is 5.26 Å². The van der Waals surface area contributed by atoms with Crippen LogP contribution in [0, 0.1) is 11.5 Å². The summed E-state index contributed by atoms with van der Waals surface area (Å²) in [4.78, 5) is 21.2. The fraction of sp³-hybridized carbons (Fsp3) is 0.500. The predicted molar refractivity (Wildman–Crippen MR) is 99.6 cm³/mol. The van der Waals surface area contributed by atoms with Gasteiger partial charge in [0.1, 0.15) is 5.69 Å². The van der Waals surface area contributed by atoms with Crippen molar-refractivity contribution in [3.8, 4) is 12.0 Å². The Hall–Kier alpha value is -2.92. The van der Waals surface area contributed by atoms with Crippen LogP contribution in [-0.2, 0) is 11.3 Å². The topological polar surface area (TPSA) is 87.3 Å². The van der Waals surface area contributed by atoms with Crippen LogP contribution < -0.4 is 0 Å². The van der Waals surface area contributed by atoms with Crippen LogP contribution in [0.4, 0.5) is 0 Å². The maximum Gasteiger partial charge on any atom is 0.273 e. The highest BCUT2D eigenvalue weighted by Crippen LogP contribution is 2.40. The smallest absolute Gasteiger partial charge is 0.273 e. The number of pyridine rings is 1. The fourth-order valence-electron chi connectivity index (χ4n) is 4.28. The average molecular weight is 378 g/mol. The number of ether oxygens (including phenoxy) is 1. The molecule has 8 heteroatoms. The maximum atomic E-state index is 13.1. The third-order valence-electron chi connectivity index (χ3n) is 5.97. The Bertz CT molecular complexity index is 960. The number of fused-ring (bicyclic) bond motifs is 1. The van der Waals surface area contributed by atoms with Crippen LogP contribution in [0.3, 0.4) is 0 Å². The van der Waals surface area contributed by atoms with Crippen molar-refractivity contribution in [2.45, 2.75) is 43.8 Å². The van der Waals surface area contributed by atoms with Gasteiger partial charge in [-0.15, -0.1) is 0 Å². The van der Waals surface area contributed by atoms with E-state index in [9.17, 15) is 10.1 Å². The lowest BCUT2D eigenvalue weighted by atomic mass is 10.1. The van der Waals surface area contributed by atoms with Crippen LogP contribution in [0.5, 0.6) is 0 Å². The van der Waals surface area contributed by atoms with Crippen LogP contribution in [-0.4, -0.2) is 62.8 Å². The van der Waals surface area contributed by atoms with Gasteiger partial charge in [-0.3, -0.25) is 4.79 Å². The summed E-state index contributed by atoms with van der Waals surface area (Å²) in [7, 11) is 1.63. The summed E-state index contributed by atoms with van der Waals surface area (Å²) in [5, 5.41) is 13.8. The zero-order valence-electron chi connectivity index (χ0n) is 15.8. The Morgan fingerprint density at radius 1 is 1.36 bits per heavy atom. The van der Waals surface area contributed by atoms with Gasteiger partial charge in [0, 0.05) is 32.0 Å². The van der Waals surface area contributed by atoms with Crippen molar-refractivity contribution >= 4 is 5.91 Å². The molecule has 5 rings (SSSR count). The van der Waals surface area contributed by atoms with Crippen LogP contribution in [0.1, 0.15) is 46.8 Å². The van der Waals surface area contributed by atoms with Crippen molar-refractivity contribution in [1.82, 2.24) is 24.6 Å². The Morgan fingerprint density at radius 3 is 2.96 bits per heavy atom. The monoisotopic (exact) mass is 378 g/mol. The van der Waals surface area contributed by atoms with Crippen LogP contribution >= 0.6 is 0 Å². The van der Waals surface area contributed by atoms with Gasteiger partial charge in [-0.2, -0.15) is 10.4 Å². The first-order valence-corrected chi connectivity index (χ1v) is 9.69. The molecule has 0 radical (unpaired) electrons. The molecule has 8 nitrogen and oxygen atoms in total. The number of aromatic nitrogens is 3. The Labute approximate surface area is 163 Å². The molecule has 0 spiro atoms. The Balaban J connectivity index is 1.36. The molecule has 2 atom stereocenters. The lowest BCUT2D eigenvalue weighted by molar-refractivity contribution is 0.0705. The minimum Gasteiger partial charge on any atom is -0.383 e. The molecule has 4 heterocycles. The maximum absolute atomic E-state index is 13.1. The standard InChI is InChI=1S/C20H22N6O2/c1-28-11-17-6-16(10-24(17)12-21)25-8-14-4-5-18(23-19(14)20(25)27)26-9-15(7-22-26)13-2-3-13/h4-5,7,9,13,16-17H,2-3,6,8,10-11H2,1H3/t16-,17+/m1/s1. The second-order valence-corrected chi connectivity index (χ2v) is 7.85. The summed E-state index contributed by atoms with van der Waals surface area (Å²) >= 11 is 0. The second-order valence-electron chi connectivity index (χ2n) is 7.85. The highest BCUT2D eigenvalue weighted by atomic mass is 16.5. The zero-order valence-corrected chi connectivity index (χ0v) is 15.8. The second kappa shape index (κ2) is 6.60. The average Bonchev–Trinajstić information content (AvgIpc) is 3.16. The van der Waals surface area contributed by atoms with Gasteiger partial charge in [-0.25, -0.2) is 9.67 Å². The van der Waals surface area contributed by atoms with E-state index in [4.69, 9.17) is 4.74 Å². The van der Waals surface area contributed by atoms with E-state index in [1.807, 2.05) is 29.4 Å². The van der Waals surface area contributed by atoms with Crippen LogP contribution in [0.25, 0.3) is 5.82 Å². The van der Waals surface area contributed by atoms with Crippen molar-refractivity contribution in [3.63, 3.8) is 0 Å². The van der Waals surface area contributed by atoms with Crippen molar-refractivity contribution in [2.24, 2.45) is 0 Å². The van der Waals surface area contributed by atoms with E-state index >= 15 is 0 Å². The van der Waals surface area contributed by atoms with E-state index in [-0.39, 0.29) is 18.0 Å². The van der Waals surface area contributed by atoms with Gasteiger partial charge in [0.05, 0.1) is 24.9 Å². The molecule has 0 bridgehead atoms. The van der Waals surface area contributed by atoms with Gasteiger partial charge in [0.2, 0.25) is 0 Å². The fourth-order valence-corrected chi connectivity index (χ4v) is 4.28. The molecule has 28 heavy (non-hydrogen) atoms. The highest BCUT2D eigenvalue weighted by Gasteiger charge is 2.41. The molecular formula is C20H22N6O2. The molecule has 0 aromatic carbocycles. The molecule has 144 valence electrons. The molecule has 3 aliphatic rings. The lowest BCUT2D eigenvalue weighted by Crippen LogP contribution is -2.37. The molecular weight excluding hydrogens is 356 g/mol. The van der Waals surface area contributed by atoms with E-state index in [1.165, 1.54) is 18.4 Å². The third-order valence-corrected chi connectivity index (χ3v) is 5.97. The largest absolute Gasteiger partial charge is 0.383 e. The van der Waals surface area contributed by atoms with Gasteiger partial charge in [0.15, 0.2) is 12.0 Å². The number of hydrogen-bond donors (Lipinski definition) is 0. The number of hydrogen-bond acceptors (Lipinski definition) is 6. The van der Waals surface area contributed by atoms with Gasteiger partial charge >= 0.3 is 0 Å². The minimum absolute atomic E-state index is 0.00359. The van der Waals surface area contributed by atoms with Crippen molar-refractivity contribution in [2.75, 3.05) is 20.3 Å². The van der Waals surface area contributed by atoms with Crippen molar-refractivity contribution in [3.05, 3.63) is 41.3 Å². The van der Waals surface area contributed by atoms with Crippen LogP contribution in [0.15, 0.2) is 24.5 Å². The van der Waals surface area contributed by atoms with Gasteiger partial charge in [0.25, 0.3) is 5.91 Å². The predicted octanol–water partition coefficient (Wildman–Crippen LogP) is 1.67. The van der Waals surface area contributed by atoms with Gasteiger partial charge in [-0.1, -0.05) is 6.07 Å². The summed E-state index contributed by atoms with van der Waals surface area (Å²) in [5.41, 5.74) is 2.67. The van der Waals surface area contributed by atoms with E-state index in [0.29, 0.717) is 37.1 Å². The highest BCUT2D eigenvalue weighted by molar-refractivity contribution is 5.96. The molecule has 2 aromatic rings. The lowest BCUT2D eigenvalue weighted by Gasteiger charge is -2.22. The molecule has 2 fully saturated rings. The first-order valence-electron chi connectivity index (χ1n) is 9.69. The summed E-state index contributed by atoms with van der Waals surface area (Å²) in [5.74, 6) is 1.24. The minimum atomic E-state index is -0.0626. The molecule has 0 N–H and O–H groups in total. The van der Waals surface area contributed by atoms with E-state index in [0.717, 1.165) is 12.0 Å². The molecule has 0 unspecified atom stereocenters. The number of nitrogens with zero attached hydrogens (tertiary/aromatic N) is 6. The number of rotatable bonds is 5. The van der Waals surface area contributed by atoms with E-state index in [2.05, 4.69) is 16.3 Å². The third kappa shape index (κ3) is 2.83. The Morgan fingerprint density at radius 2 is 2.21 bits per heavy atom. The molecule has 2 aromatic heterocycles. The molecule has 1 amide bonds. The summed E-state index contributed by atoms with van der Waals surface area (Å²) in [6.07, 6.45) is 9.31. The number of methoxy groups -OCH3 is 1. The summed E-state index contributed by atoms with van der Waals surface area (Å²) < 4.78 is 6.98. The van der Waals surface area contributed by atoms with E-state index in [1.54, 1.807) is 16.7 Å². The normalized spacial score (nSPS) is 23.9. The SMILES string of the molecule is COC[C@@H]1C[C@@H](N2Cc3ccc(-n4cc(C5CC5)cn4)nc3C2=O)CN1C#N. The molecule has 1 saturated heterocycles. The Kier molecular flexibility index (Phi) is 4.05. The number of amides is 1. The molecule has 2 aliphatic heterocycles. The van der Waals surface area contributed by atoms with Crippen LogP contribution in [0.2, 0.25) is 0 Å². The van der Waals surface area contributed by atoms with E-state index < -0.39 is 0 Å². The zero-order chi connectivity index (χ0) is 19.3.